The molecule has 0 spiro atoms. The monoisotopic (exact) mass is 293 g/mol. The third-order valence-electron chi connectivity index (χ3n) is 2.39. The number of thiazole rings is 1. The number of aliphatic imine (C=N–C) groups is 1. The molecule has 0 amide bonds. The molecule has 7 nitrogen and oxygen atoms in total. The van der Waals surface area contributed by atoms with Gasteiger partial charge >= 0.3 is 5.00 Å². The summed E-state index contributed by atoms with van der Waals surface area (Å²) in [6, 6.07) is 5.31. The van der Waals surface area contributed by atoms with Gasteiger partial charge in [0.1, 0.15) is 6.20 Å². The highest BCUT2D eigenvalue weighted by Crippen LogP contribution is 2.29. The van der Waals surface area contributed by atoms with Gasteiger partial charge in [-0.2, -0.15) is 0 Å². The summed E-state index contributed by atoms with van der Waals surface area (Å²) in [7, 11) is 3.10. The Morgan fingerprint density at radius 1 is 1.35 bits per heavy atom. The van der Waals surface area contributed by atoms with Crippen LogP contribution in [-0.2, 0) is 0 Å². The molecule has 0 atom stereocenters. The number of hydrogen-bond donors (Lipinski definition) is 0. The fourth-order valence-electron chi connectivity index (χ4n) is 1.46. The first kappa shape index (κ1) is 13.9. The van der Waals surface area contributed by atoms with E-state index in [-0.39, 0.29) is 5.00 Å². The van der Waals surface area contributed by atoms with E-state index in [4.69, 9.17) is 9.47 Å². The molecule has 0 aliphatic carbocycles. The zero-order chi connectivity index (χ0) is 14.5. The molecule has 0 saturated carbocycles. The van der Waals surface area contributed by atoms with Crippen LogP contribution in [0.2, 0.25) is 0 Å². The summed E-state index contributed by atoms with van der Waals surface area (Å²) in [6.07, 6.45) is 2.75. The normalized spacial score (nSPS) is 10.7. The van der Waals surface area contributed by atoms with Gasteiger partial charge in [-0.1, -0.05) is 0 Å². The van der Waals surface area contributed by atoms with Crippen molar-refractivity contribution in [1.29, 1.82) is 0 Å². The number of hydrogen-bond acceptors (Lipinski definition) is 7. The lowest BCUT2D eigenvalue weighted by molar-refractivity contribution is -0.380. The summed E-state index contributed by atoms with van der Waals surface area (Å²) in [4.78, 5) is 18.0. The SMILES string of the molecule is COc1ccc(/C=N\c2ncc([N+](=O)[O-])s2)cc1OC. The highest BCUT2D eigenvalue weighted by Gasteiger charge is 2.10. The fourth-order valence-corrected chi connectivity index (χ4v) is 2.04. The molecule has 8 heteroatoms. The maximum absolute atomic E-state index is 10.5. The molecule has 0 radical (unpaired) electrons. The average molecular weight is 293 g/mol. The third kappa shape index (κ3) is 3.09. The summed E-state index contributed by atoms with van der Waals surface area (Å²) in [5.74, 6) is 1.20. The summed E-state index contributed by atoms with van der Waals surface area (Å²) < 4.78 is 10.3. The molecule has 104 valence electrons. The van der Waals surface area contributed by atoms with Gasteiger partial charge in [-0.05, 0) is 35.1 Å². The zero-order valence-corrected chi connectivity index (χ0v) is 11.6. The Balaban J connectivity index is 2.20. The minimum Gasteiger partial charge on any atom is -0.493 e. The Morgan fingerprint density at radius 2 is 2.10 bits per heavy atom. The van der Waals surface area contributed by atoms with E-state index in [1.54, 1.807) is 38.6 Å². The van der Waals surface area contributed by atoms with Crippen LogP contribution in [-0.4, -0.2) is 30.3 Å². The smallest absolute Gasteiger partial charge is 0.345 e. The van der Waals surface area contributed by atoms with Gasteiger partial charge in [0.05, 0.1) is 19.1 Å². The predicted octanol–water partition coefficient (Wildman–Crippen LogP) is 2.82. The van der Waals surface area contributed by atoms with Gasteiger partial charge in [0, 0.05) is 6.21 Å². The molecule has 1 heterocycles. The molecule has 2 rings (SSSR count). The number of nitrogens with zero attached hydrogens (tertiary/aromatic N) is 3. The number of nitro groups is 1. The Kier molecular flexibility index (Phi) is 4.26. The van der Waals surface area contributed by atoms with Crippen LogP contribution < -0.4 is 9.47 Å². The Morgan fingerprint density at radius 3 is 2.70 bits per heavy atom. The largest absolute Gasteiger partial charge is 0.493 e. The predicted molar refractivity (Wildman–Crippen MR) is 75.6 cm³/mol. The second-order valence-electron chi connectivity index (χ2n) is 3.61. The van der Waals surface area contributed by atoms with Gasteiger partial charge in [0.2, 0.25) is 5.13 Å². The first-order valence-corrected chi connectivity index (χ1v) is 6.32. The maximum atomic E-state index is 10.5. The summed E-state index contributed by atoms with van der Waals surface area (Å²) in [5, 5.41) is 10.8. The van der Waals surface area contributed by atoms with Crippen molar-refractivity contribution in [3.05, 3.63) is 40.1 Å². The minimum atomic E-state index is -0.493. The molecule has 20 heavy (non-hydrogen) atoms. The van der Waals surface area contributed by atoms with Crippen LogP contribution in [0.3, 0.4) is 0 Å². The quantitative estimate of drug-likeness (QED) is 0.480. The van der Waals surface area contributed by atoms with Gasteiger partial charge in [0.15, 0.2) is 11.5 Å². The van der Waals surface area contributed by atoms with Crippen molar-refractivity contribution in [2.45, 2.75) is 0 Å². The molecule has 1 aromatic heterocycles. The highest BCUT2D eigenvalue weighted by molar-refractivity contribution is 7.18. The number of ether oxygens (including phenoxy) is 2. The van der Waals surface area contributed by atoms with E-state index in [2.05, 4.69) is 9.98 Å². The van der Waals surface area contributed by atoms with Crippen molar-refractivity contribution in [2.75, 3.05) is 14.2 Å². The van der Waals surface area contributed by atoms with Crippen molar-refractivity contribution in [1.82, 2.24) is 4.98 Å². The van der Waals surface area contributed by atoms with Gasteiger partial charge in [-0.15, -0.1) is 0 Å². The first-order valence-electron chi connectivity index (χ1n) is 5.50. The van der Waals surface area contributed by atoms with E-state index in [0.29, 0.717) is 16.6 Å². The van der Waals surface area contributed by atoms with Gasteiger partial charge in [-0.3, -0.25) is 10.1 Å². The van der Waals surface area contributed by atoms with E-state index in [1.165, 1.54) is 6.20 Å². The molecule has 0 unspecified atom stereocenters. The number of rotatable bonds is 5. The lowest BCUT2D eigenvalue weighted by atomic mass is 10.2. The lowest BCUT2D eigenvalue weighted by Gasteiger charge is -2.07. The van der Waals surface area contributed by atoms with Crippen LogP contribution in [0.1, 0.15) is 5.56 Å². The van der Waals surface area contributed by atoms with Crippen molar-refractivity contribution >= 4 is 27.7 Å². The summed E-state index contributed by atoms with van der Waals surface area (Å²) in [6.45, 7) is 0. The topological polar surface area (TPSA) is 86.9 Å². The molecule has 0 fully saturated rings. The van der Waals surface area contributed by atoms with Crippen molar-refractivity contribution in [2.24, 2.45) is 4.99 Å². The fraction of sp³-hybridized carbons (Fsp3) is 0.167. The van der Waals surface area contributed by atoms with E-state index in [9.17, 15) is 10.1 Å². The van der Waals surface area contributed by atoms with Crippen LogP contribution in [0.25, 0.3) is 0 Å². The molecule has 0 aliphatic rings. The molecular weight excluding hydrogens is 282 g/mol. The van der Waals surface area contributed by atoms with Crippen LogP contribution >= 0.6 is 11.3 Å². The maximum Gasteiger partial charge on any atom is 0.345 e. The minimum absolute atomic E-state index is 0.0375. The van der Waals surface area contributed by atoms with Crippen LogP contribution in [0.4, 0.5) is 10.1 Å². The molecule has 1 aromatic carbocycles. The second kappa shape index (κ2) is 6.11. The number of methoxy groups -OCH3 is 2. The van der Waals surface area contributed by atoms with Gasteiger partial charge in [-0.25, -0.2) is 9.98 Å². The van der Waals surface area contributed by atoms with E-state index in [1.807, 2.05) is 0 Å². The lowest BCUT2D eigenvalue weighted by Crippen LogP contribution is -1.91. The third-order valence-corrected chi connectivity index (χ3v) is 3.25. The van der Waals surface area contributed by atoms with Crippen molar-refractivity contribution in [3.63, 3.8) is 0 Å². The molecule has 0 N–H and O–H groups in total. The van der Waals surface area contributed by atoms with E-state index >= 15 is 0 Å². The van der Waals surface area contributed by atoms with Gasteiger partial charge < -0.3 is 9.47 Å². The Hall–Kier alpha value is -2.48. The van der Waals surface area contributed by atoms with E-state index < -0.39 is 4.92 Å². The van der Waals surface area contributed by atoms with Crippen LogP contribution in [0, 0.1) is 10.1 Å². The van der Waals surface area contributed by atoms with E-state index in [0.717, 1.165) is 16.9 Å². The summed E-state index contributed by atoms with van der Waals surface area (Å²) in [5.41, 5.74) is 0.778. The molecule has 0 aliphatic heterocycles. The van der Waals surface area contributed by atoms with Crippen molar-refractivity contribution < 1.29 is 14.4 Å². The molecule has 0 saturated heterocycles. The molecule has 2 aromatic rings. The first-order chi connectivity index (χ1) is 9.63. The standard InChI is InChI=1S/C12H11N3O4S/c1-18-9-4-3-8(5-10(9)19-2)6-13-12-14-7-11(20-12)15(16)17/h3-7H,1-2H3/b13-6-. The van der Waals surface area contributed by atoms with Crippen LogP contribution in [0.15, 0.2) is 29.4 Å². The molecular formula is C12H11N3O4S. The van der Waals surface area contributed by atoms with Gasteiger partial charge in [0.25, 0.3) is 0 Å². The van der Waals surface area contributed by atoms with Crippen molar-refractivity contribution in [3.8, 4) is 11.5 Å². The highest BCUT2D eigenvalue weighted by atomic mass is 32.1. The second-order valence-corrected chi connectivity index (χ2v) is 4.60. The Labute approximate surface area is 118 Å². The zero-order valence-electron chi connectivity index (χ0n) is 10.8. The molecule has 0 bridgehead atoms. The number of aromatic nitrogens is 1. The Bertz CT molecular complexity index is 654. The average Bonchev–Trinajstić information content (AvgIpc) is 2.94. The number of benzene rings is 1. The summed E-state index contributed by atoms with van der Waals surface area (Å²) >= 11 is 0.914. The van der Waals surface area contributed by atoms with Crippen LogP contribution in [0.5, 0.6) is 11.5 Å².